The Kier molecular flexibility index (Phi) is 7.76. The number of hydrogen-bond donors (Lipinski definition) is 1. The second kappa shape index (κ2) is 10.2. The topological polar surface area (TPSA) is 83.0 Å². The molecule has 3 fully saturated rings. The fourth-order valence-corrected chi connectivity index (χ4v) is 4.67. The summed E-state index contributed by atoms with van der Waals surface area (Å²) in [6.45, 7) is 4.72. The van der Waals surface area contributed by atoms with E-state index in [0.29, 0.717) is 23.3 Å². The lowest BCUT2D eigenvalue weighted by Crippen LogP contribution is -2.44. The van der Waals surface area contributed by atoms with Crippen molar-refractivity contribution in [1.82, 2.24) is 14.8 Å². The number of aromatic nitrogens is 1. The highest BCUT2D eigenvalue weighted by Crippen LogP contribution is 2.44. The molecule has 2 saturated heterocycles. The molecule has 1 aliphatic carbocycles. The Balaban J connectivity index is 0.000000360. The average Bonchev–Trinajstić information content (AvgIpc) is 3.54. The molecule has 1 spiro atoms. The molecule has 1 amide bonds. The fourth-order valence-electron chi connectivity index (χ4n) is 4.67. The summed E-state index contributed by atoms with van der Waals surface area (Å²) in [6.07, 6.45) is 4.38. The van der Waals surface area contributed by atoms with Crippen molar-refractivity contribution >= 4 is 11.9 Å². The standard InChI is InChI=1S/C20H29N3O2.C2HF3O2/c1-25-14-18-11-20(15-23(18)13-16-3-2-8-21-12-16)6-9-22(10-7-20)19(24)17-4-5-17;3-2(4,5)1(6)7/h2-3,8,12,17-18H,4-7,9-11,13-15H2,1H3;(H,6,7). The summed E-state index contributed by atoms with van der Waals surface area (Å²) < 4.78 is 37.2. The Hall–Kier alpha value is -2.20. The first-order valence-corrected chi connectivity index (χ1v) is 10.8. The molecule has 3 heterocycles. The van der Waals surface area contributed by atoms with Gasteiger partial charge < -0.3 is 14.7 Å². The van der Waals surface area contributed by atoms with Crippen LogP contribution in [0.1, 0.15) is 37.7 Å². The SMILES string of the molecule is COCC1CC2(CCN(C(=O)C3CC3)CC2)CN1Cc1cccnc1.O=C(O)C(F)(F)F. The number of ether oxygens (including phenoxy) is 1. The van der Waals surface area contributed by atoms with Crippen LogP contribution < -0.4 is 0 Å². The number of carbonyl (C=O) groups is 2. The van der Waals surface area contributed by atoms with E-state index in [-0.39, 0.29) is 0 Å². The number of aliphatic carboxylic acids is 1. The number of methoxy groups -OCH3 is 1. The zero-order chi connectivity index (χ0) is 23.4. The Labute approximate surface area is 185 Å². The number of nitrogens with zero attached hydrogens (tertiary/aromatic N) is 3. The molecule has 1 unspecified atom stereocenters. The van der Waals surface area contributed by atoms with Gasteiger partial charge in [0.2, 0.25) is 5.91 Å². The van der Waals surface area contributed by atoms with Crippen LogP contribution in [0.4, 0.5) is 13.2 Å². The Morgan fingerprint density at radius 3 is 2.44 bits per heavy atom. The molecule has 2 aliphatic heterocycles. The Bertz CT molecular complexity index is 778. The first-order chi connectivity index (χ1) is 15.1. The summed E-state index contributed by atoms with van der Waals surface area (Å²) in [5, 5.41) is 7.12. The van der Waals surface area contributed by atoms with E-state index in [1.54, 1.807) is 7.11 Å². The van der Waals surface area contributed by atoms with E-state index in [1.165, 1.54) is 12.0 Å². The summed E-state index contributed by atoms with van der Waals surface area (Å²) in [5.41, 5.74) is 1.62. The lowest BCUT2D eigenvalue weighted by molar-refractivity contribution is -0.192. The summed E-state index contributed by atoms with van der Waals surface area (Å²) in [5.74, 6) is -2.00. The number of carboxylic acid groups (broad SMARTS) is 1. The number of likely N-dealkylation sites (tertiary alicyclic amines) is 2. The summed E-state index contributed by atoms with van der Waals surface area (Å²) in [6, 6.07) is 4.63. The van der Waals surface area contributed by atoms with Crippen LogP contribution in [-0.4, -0.2) is 77.3 Å². The van der Waals surface area contributed by atoms with Crippen molar-refractivity contribution in [3.63, 3.8) is 0 Å². The monoisotopic (exact) mass is 457 g/mol. The molecule has 3 aliphatic rings. The molecule has 7 nitrogen and oxygen atoms in total. The van der Waals surface area contributed by atoms with Gasteiger partial charge in [-0.1, -0.05) is 6.07 Å². The summed E-state index contributed by atoms with van der Waals surface area (Å²) in [7, 11) is 1.80. The molecule has 1 N–H and O–H groups in total. The number of pyridine rings is 1. The normalized spacial score (nSPS) is 23.0. The molecule has 1 aromatic heterocycles. The van der Waals surface area contributed by atoms with Gasteiger partial charge in [0.15, 0.2) is 0 Å². The van der Waals surface area contributed by atoms with Gasteiger partial charge in [0.05, 0.1) is 6.61 Å². The van der Waals surface area contributed by atoms with Gasteiger partial charge in [-0.3, -0.25) is 14.7 Å². The minimum Gasteiger partial charge on any atom is -0.475 e. The van der Waals surface area contributed by atoms with Gasteiger partial charge in [0, 0.05) is 57.6 Å². The zero-order valence-electron chi connectivity index (χ0n) is 18.2. The van der Waals surface area contributed by atoms with E-state index in [1.807, 2.05) is 18.5 Å². The Morgan fingerprint density at radius 2 is 1.94 bits per heavy atom. The third-order valence-corrected chi connectivity index (χ3v) is 6.50. The van der Waals surface area contributed by atoms with Crippen molar-refractivity contribution in [3.8, 4) is 0 Å². The molecule has 1 atom stereocenters. The van der Waals surface area contributed by atoms with Crippen LogP contribution in [0, 0.1) is 11.3 Å². The number of hydrogen-bond acceptors (Lipinski definition) is 5. The van der Waals surface area contributed by atoms with E-state index in [9.17, 15) is 18.0 Å². The largest absolute Gasteiger partial charge is 0.490 e. The lowest BCUT2D eigenvalue weighted by atomic mass is 9.76. The maximum absolute atomic E-state index is 12.3. The molecule has 0 radical (unpaired) electrons. The molecule has 0 bridgehead atoms. The van der Waals surface area contributed by atoms with E-state index >= 15 is 0 Å². The minimum atomic E-state index is -5.08. The summed E-state index contributed by atoms with van der Waals surface area (Å²) >= 11 is 0. The maximum atomic E-state index is 12.3. The first kappa shape index (κ1) is 24.4. The van der Waals surface area contributed by atoms with Gasteiger partial charge in [-0.15, -0.1) is 0 Å². The number of piperidine rings is 1. The molecule has 0 aromatic carbocycles. The number of alkyl halides is 3. The van der Waals surface area contributed by atoms with E-state index in [2.05, 4.69) is 20.9 Å². The predicted molar refractivity (Wildman–Crippen MR) is 110 cm³/mol. The van der Waals surface area contributed by atoms with Crippen LogP contribution in [0.3, 0.4) is 0 Å². The van der Waals surface area contributed by atoms with Crippen LogP contribution in [0.5, 0.6) is 0 Å². The molecule has 1 saturated carbocycles. The molecule has 32 heavy (non-hydrogen) atoms. The lowest BCUT2D eigenvalue weighted by Gasteiger charge is -2.39. The van der Waals surface area contributed by atoms with Crippen molar-refractivity contribution in [1.29, 1.82) is 0 Å². The van der Waals surface area contributed by atoms with Crippen LogP contribution >= 0.6 is 0 Å². The number of rotatable bonds is 5. The smallest absolute Gasteiger partial charge is 0.475 e. The minimum absolute atomic E-state index is 0.348. The van der Waals surface area contributed by atoms with Crippen molar-refractivity contribution in [2.24, 2.45) is 11.3 Å². The number of carbonyl (C=O) groups excluding carboxylic acids is 1. The van der Waals surface area contributed by atoms with Gasteiger partial charge in [-0.25, -0.2) is 4.79 Å². The molecular weight excluding hydrogens is 427 g/mol. The van der Waals surface area contributed by atoms with E-state index < -0.39 is 12.1 Å². The average molecular weight is 457 g/mol. The molecular formula is C22H30F3N3O4. The molecule has 10 heteroatoms. The number of amides is 1. The third-order valence-electron chi connectivity index (χ3n) is 6.50. The number of halogens is 3. The first-order valence-electron chi connectivity index (χ1n) is 10.8. The van der Waals surface area contributed by atoms with Crippen LogP contribution in [-0.2, 0) is 20.9 Å². The highest BCUT2D eigenvalue weighted by atomic mass is 19.4. The Morgan fingerprint density at radius 1 is 1.28 bits per heavy atom. The van der Waals surface area contributed by atoms with Crippen LogP contribution in [0.2, 0.25) is 0 Å². The van der Waals surface area contributed by atoms with Gasteiger partial charge >= 0.3 is 12.1 Å². The predicted octanol–water partition coefficient (Wildman–Crippen LogP) is 2.95. The van der Waals surface area contributed by atoms with Crippen LogP contribution in [0.15, 0.2) is 24.5 Å². The van der Waals surface area contributed by atoms with Crippen LogP contribution in [0.25, 0.3) is 0 Å². The molecule has 178 valence electrons. The van der Waals surface area contributed by atoms with Gasteiger partial charge in [-0.05, 0) is 49.1 Å². The van der Waals surface area contributed by atoms with Gasteiger partial charge in [0.1, 0.15) is 0 Å². The number of carboxylic acids is 1. The maximum Gasteiger partial charge on any atom is 0.490 e. The summed E-state index contributed by atoms with van der Waals surface area (Å²) in [4.78, 5) is 30.2. The van der Waals surface area contributed by atoms with Gasteiger partial charge in [0.25, 0.3) is 0 Å². The fraction of sp³-hybridized carbons (Fsp3) is 0.682. The van der Waals surface area contributed by atoms with Crippen molar-refractivity contribution < 1.29 is 32.6 Å². The highest BCUT2D eigenvalue weighted by Gasteiger charge is 2.46. The van der Waals surface area contributed by atoms with E-state index in [4.69, 9.17) is 14.6 Å². The zero-order valence-corrected chi connectivity index (χ0v) is 18.2. The molecule has 4 rings (SSSR count). The third kappa shape index (κ3) is 6.41. The van der Waals surface area contributed by atoms with Crippen molar-refractivity contribution in [3.05, 3.63) is 30.1 Å². The highest BCUT2D eigenvalue weighted by molar-refractivity contribution is 5.81. The van der Waals surface area contributed by atoms with Crippen molar-refractivity contribution in [2.75, 3.05) is 33.4 Å². The van der Waals surface area contributed by atoms with E-state index in [0.717, 1.165) is 58.5 Å². The second-order valence-corrected chi connectivity index (χ2v) is 8.98. The van der Waals surface area contributed by atoms with Gasteiger partial charge in [-0.2, -0.15) is 13.2 Å². The quantitative estimate of drug-likeness (QED) is 0.732. The molecule has 1 aromatic rings. The second-order valence-electron chi connectivity index (χ2n) is 8.98. The van der Waals surface area contributed by atoms with Crippen molar-refractivity contribution in [2.45, 2.75) is 50.9 Å².